The normalized spacial score (nSPS) is 10.1. The molecule has 0 aliphatic carbocycles. The van der Waals surface area contributed by atoms with Crippen molar-refractivity contribution in [3.8, 4) is 11.1 Å². The first-order valence-electron chi connectivity index (χ1n) is 7.25. The highest BCUT2D eigenvalue weighted by molar-refractivity contribution is 5.65. The van der Waals surface area contributed by atoms with Crippen LogP contribution in [0.3, 0.4) is 0 Å². The lowest BCUT2D eigenvalue weighted by Gasteiger charge is -2.08. The monoisotopic (exact) mass is 254 g/mol. The van der Waals surface area contributed by atoms with Crippen molar-refractivity contribution >= 4 is 0 Å². The Morgan fingerprint density at radius 1 is 0.684 bits per heavy atom. The molecule has 0 atom stereocenters. The molecule has 0 aliphatic heterocycles. The first-order valence-corrected chi connectivity index (χ1v) is 7.25. The van der Waals surface area contributed by atoms with E-state index < -0.39 is 0 Å². The van der Waals surface area contributed by atoms with Crippen LogP contribution >= 0.6 is 0 Å². The van der Waals surface area contributed by atoms with Gasteiger partial charge in [-0.1, -0.05) is 70.2 Å². The molecule has 0 bridgehead atoms. The molecule has 0 N–H and O–H groups in total. The van der Waals surface area contributed by atoms with E-state index in [9.17, 15) is 0 Å². The van der Waals surface area contributed by atoms with Crippen molar-refractivity contribution in [2.75, 3.05) is 0 Å². The van der Waals surface area contributed by atoms with Crippen molar-refractivity contribution in [1.29, 1.82) is 0 Å². The number of benzene rings is 2. The molecule has 0 aromatic heterocycles. The highest BCUT2D eigenvalue weighted by atomic mass is 14.1. The van der Waals surface area contributed by atoms with Crippen LogP contribution in [-0.2, 0) is 0 Å². The third kappa shape index (κ3) is 3.96. The lowest BCUT2D eigenvalue weighted by molar-refractivity contribution is 0.867. The fourth-order valence-corrected chi connectivity index (χ4v) is 1.98. The van der Waals surface area contributed by atoms with Gasteiger partial charge >= 0.3 is 0 Å². The SMILES string of the molecule is CC.Cc1ccc(-c2ccc(C(C)C)cc2)cc1C. The highest BCUT2D eigenvalue weighted by Crippen LogP contribution is 2.24. The van der Waals surface area contributed by atoms with Crippen molar-refractivity contribution < 1.29 is 0 Å². The average molecular weight is 254 g/mol. The molecule has 102 valence electrons. The number of hydrogen-bond donors (Lipinski definition) is 0. The quantitative estimate of drug-likeness (QED) is 0.605. The molecular formula is C19H26. The second-order valence-corrected chi connectivity index (χ2v) is 5.08. The maximum Gasteiger partial charge on any atom is -0.0181 e. The molecular weight excluding hydrogens is 228 g/mol. The Morgan fingerprint density at radius 2 is 1.21 bits per heavy atom. The predicted octanol–water partition coefficient (Wildman–Crippen LogP) is 6.12. The third-order valence-corrected chi connectivity index (χ3v) is 3.42. The van der Waals surface area contributed by atoms with Crippen LogP contribution in [0, 0.1) is 13.8 Å². The summed E-state index contributed by atoms with van der Waals surface area (Å²) < 4.78 is 0. The molecule has 0 saturated heterocycles. The largest absolute Gasteiger partial charge is 0.0683 e. The van der Waals surface area contributed by atoms with Gasteiger partial charge in [0.2, 0.25) is 0 Å². The Labute approximate surface area is 118 Å². The maximum absolute atomic E-state index is 2.26. The van der Waals surface area contributed by atoms with Gasteiger partial charge in [-0.15, -0.1) is 0 Å². The lowest BCUT2D eigenvalue weighted by atomic mass is 9.97. The average Bonchev–Trinajstić information content (AvgIpc) is 2.44. The molecule has 0 unspecified atom stereocenters. The van der Waals surface area contributed by atoms with Crippen LogP contribution in [-0.4, -0.2) is 0 Å². The summed E-state index contributed by atoms with van der Waals surface area (Å²) >= 11 is 0. The van der Waals surface area contributed by atoms with E-state index in [1.165, 1.54) is 27.8 Å². The maximum atomic E-state index is 2.26. The van der Waals surface area contributed by atoms with Gasteiger partial charge in [-0.3, -0.25) is 0 Å². The van der Waals surface area contributed by atoms with Crippen LogP contribution in [0.4, 0.5) is 0 Å². The molecule has 19 heavy (non-hydrogen) atoms. The number of rotatable bonds is 2. The molecule has 0 aliphatic rings. The van der Waals surface area contributed by atoms with E-state index in [1.54, 1.807) is 0 Å². The van der Waals surface area contributed by atoms with Gasteiger partial charge in [-0.05, 0) is 47.6 Å². The molecule has 0 fully saturated rings. The smallest absolute Gasteiger partial charge is 0.0181 e. The van der Waals surface area contributed by atoms with E-state index in [-0.39, 0.29) is 0 Å². The van der Waals surface area contributed by atoms with Crippen LogP contribution in [0.25, 0.3) is 11.1 Å². The fraction of sp³-hybridized carbons (Fsp3) is 0.368. The van der Waals surface area contributed by atoms with Gasteiger partial charge in [0.1, 0.15) is 0 Å². The highest BCUT2D eigenvalue weighted by Gasteiger charge is 2.02. The van der Waals surface area contributed by atoms with Crippen LogP contribution in [0.2, 0.25) is 0 Å². The summed E-state index contributed by atoms with van der Waals surface area (Å²) in [6, 6.07) is 15.6. The minimum Gasteiger partial charge on any atom is -0.0683 e. The zero-order chi connectivity index (χ0) is 14.4. The summed E-state index contributed by atoms with van der Waals surface area (Å²) in [5.41, 5.74) is 6.72. The van der Waals surface area contributed by atoms with Crippen molar-refractivity contribution in [1.82, 2.24) is 0 Å². The van der Waals surface area contributed by atoms with Gasteiger partial charge in [-0.25, -0.2) is 0 Å². The van der Waals surface area contributed by atoms with Crippen LogP contribution in [0.15, 0.2) is 42.5 Å². The minimum atomic E-state index is 0.601. The molecule has 0 saturated carbocycles. The molecule has 0 radical (unpaired) electrons. The Kier molecular flexibility index (Phi) is 5.82. The number of hydrogen-bond acceptors (Lipinski definition) is 0. The summed E-state index contributed by atoms with van der Waals surface area (Å²) in [6.45, 7) is 12.8. The summed E-state index contributed by atoms with van der Waals surface area (Å²) in [4.78, 5) is 0. The Balaban J connectivity index is 0.000000861. The zero-order valence-electron chi connectivity index (χ0n) is 13.1. The molecule has 2 aromatic carbocycles. The molecule has 0 amide bonds. The zero-order valence-corrected chi connectivity index (χ0v) is 13.1. The predicted molar refractivity (Wildman–Crippen MR) is 86.8 cm³/mol. The summed E-state index contributed by atoms with van der Waals surface area (Å²) in [6.07, 6.45) is 0. The van der Waals surface area contributed by atoms with Crippen LogP contribution in [0.5, 0.6) is 0 Å². The Morgan fingerprint density at radius 3 is 1.68 bits per heavy atom. The molecule has 2 rings (SSSR count). The van der Waals surface area contributed by atoms with Gasteiger partial charge in [0.15, 0.2) is 0 Å². The van der Waals surface area contributed by atoms with E-state index in [4.69, 9.17) is 0 Å². The summed E-state index contributed by atoms with van der Waals surface area (Å²) in [7, 11) is 0. The van der Waals surface area contributed by atoms with Gasteiger partial charge in [0, 0.05) is 0 Å². The molecule has 0 heteroatoms. The summed E-state index contributed by atoms with van der Waals surface area (Å²) in [5, 5.41) is 0. The minimum absolute atomic E-state index is 0.601. The third-order valence-electron chi connectivity index (χ3n) is 3.42. The van der Waals surface area contributed by atoms with Gasteiger partial charge in [0.25, 0.3) is 0 Å². The second-order valence-electron chi connectivity index (χ2n) is 5.08. The molecule has 0 nitrogen and oxygen atoms in total. The van der Waals surface area contributed by atoms with Crippen molar-refractivity contribution in [2.24, 2.45) is 0 Å². The van der Waals surface area contributed by atoms with Crippen LogP contribution in [0.1, 0.15) is 50.3 Å². The number of aryl methyl sites for hydroxylation is 2. The standard InChI is InChI=1S/C17H20.C2H6/c1-12(2)15-7-9-16(10-8-15)17-6-5-13(3)14(4)11-17;1-2/h5-12H,1-4H3;1-2H3. The van der Waals surface area contributed by atoms with Crippen molar-refractivity contribution in [2.45, 2.75) is 47.5 Å². The lowest BCUT2D eigenvalue weighted by Crippen LogP contribution is -1.87. The van der Waals surface area contributed by atoms with Gasteiger partial charge in [-0.2, -0.15) is 0 Å². The van der Waals surface area contributed by atoms with E-state index in [2.05, 4.69) is 70.2 Å². The molecule has 0 heterocycles. The van der Waals surface area contributed by atoms with E-state index in [0.717, 1.165) is 0 Å². The van der Waals surface area contributed by atoms with E-state index in [0.29, 0.717) is 5.92 Å². The van der Waals surface area contributed by atoms with Crippen molar-refractivity contribution in [3.63, 3.8) is 0 Å². The van der Waals surface area contributed by atoms with Crippen molar-refractivity contribution in [3.05, 3.63) is 59.2 Å². The first kappa shape index (κ1) is 15.5. The first-order chi connectivity index (χ1) is 9.08. The van der Waals surface area contributed by atoms with Gasteiger partial charge in [0.05, 0.1) is 0 Å². The molecule has 0 spiro atoms. The van der Waals surface area contributed by atoms with E-state index in [1.807, 2.05) is 13.8 Å². The van der Waals surface area contributed by atoms with E-state index >= 15 is 0 Å². The van der Waals surface area contributed by atoms with Gasteiger partial charge < -0.3 is 0 Å². The topological polar surface area (TPSA) is 0 Å². The fourth-order valence-electron chi connectivity index (χ4n) is 1.98. The Hall–Kier alpha value is -1.56. The van der Waals surface area contributed by atoms with Crippen LogP contribution < -0.4 is 0 Å². The summed E-state index contributed by atoms with van der Waals surface area (Å²) in [5.74, 6) is 0.601. The second kappa shape index (κ2) is 7.13. The molecule has 2 aromatic rings. The Bertz CT molecular complexity index is 504.